The minimum atomic E-state index is -0.867. The van der Waals surface area contributed by atoms with Crippen molar-refractivity contribution in [1.82, 2.24) is 4.98 Å². The van der Waals surface area contributed by atoms with Crippen LogP contribution in [0.5, 0.6) is 0 Å². The van der Waals surface area contributed by atoms with E-state index in [1.807, 2.05) is 6.92 Å². The molecule has 0 aromatic carbocycles. The van der Waals surface area contributed by atoms with E-state index >= 15 is 0 Å². The average Bonchev–Trinajstić information content (AvgIpc) is 2.86. The smallest absolute Gasteiger partial charge is 0.347 e. The molecule has 1 fully saturated rings. The molecule has 1 atom stereocenters. The number of ether oxygens (including phenoxy) is 1. The van der Waals surface area contributed by atoms with Crippen LogP contribution in [0.25, 0.3) is 0 Å². The highest BCUT2D eigenvalue weighted by Crippen LogP contribution is 2.31. The summed E-state index contributed by atoms with van der Waals surface area (Å²) in [7, 11) is 0. The van der Waals surface area contributed by atoms with Crippen molar-refractivity contribution >= 4 is 17.3 Å². The zero-order valence-corrected chi connectivity index (χ0v) is 9.34. The molecule has 1 aromatic rings. The third kappa shape index (κ3) is 2.03. The summed E-state index contributed by atoms with van der Waals surface area (Å²) in [5.74, 6) is -0.693. The number of aryl methyl sites for hydroxylation is 1. The Hall–Kier alpha value is -0.940. The van der Waals surface area contributed by atoms with Gasteiger partial charge in [0.15, 0.2) is 0 Å². The van der Waals surface area contributed by atoms with Crippen LogP contribution in [-0.4, -0.2) is 29.3 Å². The third-order valence-corrected chi connectivity index (χ3v) is 3.71. The second-order valence-corrected chi connectivity index (χ2v) is 4.62. The van der Waals surface area contributed by atoms with E-state index in [9.17, 15) is 4.79 Å². The fraction of sp³-hybridized carbons (Fsp3) is 0.600. The molecule has 0 spiro atoms. The molecule has 4 nitrogen and oxygen atoms in total. The van der Waals surface area contributed by atoms with Crippen LogP contribution in [0.1, 0.15) is 39.6 Å². The fourth-order valence-corrected chi connectivity index (χ4v) is 2.64. The standard InChI is InChI=1S/C10H13NO3S/c1-2-7-11-8(6-3-4-14-5-6)9(15-7)10(12)13/h6H,2-5H2,1H3,(H,12,13). The van der Waals surface area contributed by atoms with Gasteiger partial charge in [0.05, 0.1) is 17.3 Å². The van der Waals surface area contributed by atoms with Crippen molar-refractivity contribution < 1.29 is 14.6 Å². The Kier molecular flexibility index (Phi) is 3.02. The lowest BCUT2D eigenvalue weighted by molar-refractivity contribution is 0.0700. The summed E-state index contributed by atoms with van der Waals surface area (Å²) in [4.78, 5) is 15.8. The molecule has 1 saturated heterocycles. The SMILES string of the molecule is CCc1nc(C2CCOC2)c(C(=O)O)s1. The van der Waals surface area contributed by atoms with E-state index in [2.05, 4.69) is 4.98 Å². The van der Waals surface area contributed by atoms with Crippen LogP contribution in [-0.2, 0) is 11.2 Å². The lowest BCUT2D eigenvalue weighted by atomic mass is 10.0. The van der Waals surface area contributed by atoms with E-state index in [4.69, 9.17) is 9.84 Å². The van der Waals surface area contributed by atoms with Gasteiger partial charge < -0.3 is 9.84 Å². The van der Waals surface area contributed by atoms with Gasteiger partial charge in [-0.2, -0.15) is 0 Å². The molecule has 1 aromatic heterocycles. The Morgan fingerprint density at radius 2 is 2.53 bits per heavy atom. The zero-order chi connectivity index (χ0) is 10.8. The van der Waals surface area contributed by atoms with E-state index in [0.717, 1.165) is 23.5 Å². The van der Waals surface area contributed by atoms with E-state index in [0.29, 0.717) is 18.1 Å². The maximum atomic E-state index is 11.0. The Bertz CT molecular complexity index is 369. The van der Waals surface area contributed by atoms with Crippen LogP contribution in [0.2, 0.25) is 0 Å². The van der Waals surface area contributed by atoms with Crippen molar-refractivity contribution in [2.75, 3.05) is 13.2 Å². The van der Waals surface area contributed by atoms with Crippen LogP contribution in [0.15, 0.2) is 0 Å². The van der Waals surface area contributed by atoms with Crippen LogP contribution < -0.4 is 0 Å². The number of carbonyl (C=O) groups is 1. The molecule has 15 heavy (non-hydrogen) atoms. The van der Waals surface area contributed by atoms with Crippen molar-refractivity contribution in [3.8, 4) is 0 Å². The monoisotopic (exact) mass is 227 g/mol. The van der Waals surface area contributed by atoms with Gasteiger partial charge >= 0.3 is 5.97 Å². The van der Waals surface area contributed by atoms with Crippen molar-refractivity contribution in [1.29, 1.82) is 0 Å². The van der Waals surface area contributed by atoms with Gasteiger partial charge in [0.25, 0.3) is 0 Å². The summed E-state index contributed by atoms with van der Waals surface area (Å²) in [5, 5.41) is 9.96. The highest BCUT2D eigenvalue weighted by molar-refractivity contribution is 7.13. The number of carboxylic acids is 1. The molecular weight excluding hydrogens is 214 g/mol. The maximum absolute atomic E-state index is 11.0. The largest absolute Gasteiger partial charge is 0.477 e. The first-order valence-electron chi connectivity index (χ1n) is 5.03. The van der Waals surface area contributed by atoms with Crippen LogP contribution in [0.3, 0.4) is 0 Å². The van der Waals surface area contributed by atoms with E-state index in [1.54, 1.807) is 0 Å². The minimum Gasteiger partial charge on any atom is -0.477 e. The summed E-state index contributed by atoms with van der Waals surface area (Å²) < 4.78 is 5.26. The Labute approximate surface area is 91.9 Å². The predicted molar refractivity (Wildman–Crippen MR) is 56.6 cm³/mol. The number of hydrogen-bond donors (Lipinski definition) is 1. The predicted octanol–water partition coefficient (Wildman–Crippen LogP) is 1.91. The van der Waals surface area contributed by atoms with Crippen molar-refractivity contribution in [3.05, 3.63) is 15.6 Å². The van der Waals surface area contributed by atoms with Gasteiger partial charge in [-0.1, -0.05) is 6.92 Å². The molecule has 0 amide bonds. The number of hydrogen-bond acceptors (Lipinski definition) is 4. The first-order valence-corrected chi connectivity index (χ1v) is 5.84. The third-order valence-electron chi connectivity index (χ3n) is 2.51. The maximum Gasteiger partial charge on any atom is 0.347 e. The highest BCUT2D eigenvalue weighted by atomic mass is 32.1. The lowest BCUT2D eigenvalue weighted by Crippen LogP contribution is -2.05. The summed E-state index contributed by atoms with van der Waals surface area (Å²) in [5.41, 5.74) is 0.724. The summed E-state index contributed by atoms with van der Waals surface area (Å²) in [6.45, 7) is 3.30. The first kappa shape index (κ1) is 10.6. The second-order valence-electron chi connectivity index (χ2n) is 3.54. The zero-order valence-electron chi connectivity index (χ0n) is 8.52. The van der Waals surface area contributed by atoms with Gasteiger partial charge in [0.2, 0.25) is 0 Å². The van der Waals surface area contributed by atoms with Crippen LogP contribution in [0.4, 0.5) is 0 Å². The second kappa shape index (κ2) is 4.28. The molecule has 2 rings (SSSR count). The molecule has 5 heteroatoms. The normalized spacial score (nSPS) is 20.7. The van der Waals surface area contributed by atoms with Crippen LogP contribution in [0, 0.1) is 0 Å². The number of carboxylic acid groups (broad SMARTS) is 1. The van der Waals surface area contributed by atoms with Gasteiger partial charge in [-0.05, 0) is 12.8 Å². The summed E-state index contributed by atoms with van der Waals surface area (Å²) in [6.07, 6.45) is 1.67. The van der Waals surface area contributed by atoms with Gasteiger partial charge in [0, 0.05) is 12.5 Å². The molecule has 2 heterocycles. The number of rotatable bonds is 3. The molecule has 0 saturated carbocycles. The lowest BCUT2D eigenvalue weighted by Gasteiger charge is -2.04. The molecule has 1 N–H and O–H groups in total. The van der Waals surface area contributed by atoms with Gasteiger partial charge in [-0.15, -0.1) is 11.3 Å². The topological polar surface area (TPSA) is 59.4 Å². The molecule has 1 aliphatic heterocycles. The highest BCUT2D eigenvalue weighted by Gasteiger charge is 2.27. The summed E-state index contributed by atoms with van der Waals surface area (Å²) in [6, 6.07) is 0. The Morgan fingerprint density at radius 1 is 1.73 bits per heavy atom. The molecule has 1 aliphatic rings. The number of aromatic carboxylic acids is 1. The molecular formula is C10H13NO3S. The first-order chi connectivity index (χ1) is 7.22. The van der Waals surface area contributed by atoms with E-state index < -0.39 is 5.97 Å². The van der Waals surface area contributed by atoms with Crippen molar-refractivity contribution in [2.24, 2.45) is 0 Å². The molecule has 0 radical (unpaired) electrons. The average molecular weight is 227 g/mol. The molecule has 1 unspecified atom stereocenters. The van der Waals surface area contributed by atoms with E-state index in [1.165, 1.54) is 11.3 Å². The number of thiazole rings is 1. The van der Waals surface area contributed by atoms with Crippen molar-refractivity contribution in [2.45, 2.75) is 25.7 Å². The minimum absolute atomic E-state index is 0.174. The Morgan fingerprint density at radius 3 is 3.07 bits per heavy atom. The van der Waals surface area contributed by atoms with Crippen LogP contribution >= 0.6 is 11.3 Å². The molecule has 0 aliphatic carbocycles. The van der Waals surface area contributed by atoms with Gasteiger partial charge in [0.1, 0.15) is 4.88 Å². The van der Waals surface area contributed by atoms with Gasteiger partial charge in [-0.25, -0.2) is 9.78 Å². The Balaban J connectivity index is 2.34. The quantitative estimate of drug-likeness (QED) is 0.856. The number of nitrogens with zero attached hydrogens (tertiary/aromatic N) is 1. The number of aromatic nitrogens is 1. The van der Waals surface area contributed by atoms with E-state index in [-0.39, 0.29) is 5.92 Å². The molecule has 82 valence electrons. The fourth-order valence-electron chi connectivity index (χ4n) is 1.71. The molecule has 0 bridgehead atoms. The summed E-state index contributed by atoms with van der Waals surface area (Å²) >= 11 is 1.29. The van der Waals surface area contributed by atoms with Gasteiger partial charge in [-0.3, -0.25) is 0 Å². The van der Waals surface area contributed by atoms with Crippen molar-refractivity contribution in [3.63, 3.8) is 0 Å².